The van der Waals surface area contributed by atoms with Crippen LogP contribution < -0.4 is 10.2 Å². The van der Waals surface area contributed by atoms with Gasteiger partial charge in [0.2, 0.25) is 0 Å². The van der Waals surface area contributed by atoms with Crippen molar-refractivity contribution in [2.24, 2.45) is 0 Å². The fraction of sp³-hybridized carbons (Fsp3) is 0.500. The molecule has 0 aliphatic heterocycles. The lowest BCUT2D eigenvalue weighted by atomic mass is 10.1. The van der Waals surface area contributed by atoms with Crippen LogP contribution in [-0.4, -0.2) is 47.1 Å². The zero-order chi connectivity index (χ0) is 15.5. The highest BCUT2D eigenvalue weighted by Crippen LogP contribution is 2.21. The van der Waals surface area contributed by atoms with Gasteiger partial charge in [-0.25, -0.2) is 4.39 Å². The monoisotopic (exact) mass is 296 g/mol. The largest absolute Gasteiger partial charge is 0.383 e. The maximum absolute atomic E-state index is 14.1. The van der Waals surface area contributed by atoms with E-state index in [1.54, 1.807) is 26.4 Å². The number of methoxy groups -OCH3 is 2. The highest BCUT2D eigenvalue weighted by Gasteiger charge is 2.12. The van der Waals surface area contributed by atoms with E-state index in [2.05, 4.69) is 11.9 Å². The lowest BCUT2D eigenvalue weighted by molar-refractivity contribution is 0.190. The summed E-state index contributed by atoms with van der Waals surface area (Å²) in [7, 11) is 3.28. The van der Waals surface area contributed by atoms with Crippen molar-refractivity contribution in [3.05, 3.63) is 42.2 Å². The minimum atomic E-state index is -0.227. The molecule has 1 rings (SSSR count). The van der Waals surface area contributed by atoms with Crippen LogP contribution in [0.4, 0.5) is 10.1 Å². The van der Waals surface area contributed by atoms with Crippen molar-refractivity contribution in [1.29, 1.82) is 0 Å². The molecule has 1 aromatic rings. The standard InChI is InChI=1S/C16H25FN2O2/c1-4-7-18-13-14-5-6-15(17)16(12-14)19(8-10-20-2)9-11-21-3/h4-6,12,18H,1,7-11,13H2,2-3H3. The van der Waals surface area contributed by atoms with Crippen molar-refractivity contribution in [1.82, 2.24) is 5.32 Å². The summed E-state index contributed by atoms with van der Waals surface area (Å²) in [6, 6.07) is 5.17. The Labute approximate surface area is 126 Å². The molecule has 0 unspecified atom stereocenters. The summed E-state index contributed by atoms with van der Waals surface area (Å²) in [5, 5.41) is 3.21. The predicted octanol–water partition coefficient (Wildman–Crippen LogP) is 2.20. The third kappa shape index (κ3) is 6.25. The smallest absolute Gasteiger partial charge is 0.146 e. The maximum atomic E-state index is 14.1. The molecule has 0 spiro atoms. The van der Waals surface area contributed by atoms with Crippen LogP contribution in [0.5, 0.6) is 0 Å². The molecule has 21 heavy (non-hydrogen) atoms. The van der Waals surface area contributed by atoms with Crippen molar-refractivity contribution in [3.63, 3.8) is 0 Å². The molecule has 4 nitrogen and oxygen atoms in total. The molecule has 1 N–H and O–H groups in total. The van der Waals surface area contributed by atoms with Gasteiger partial charge < -0.3 is 19.7 Å². The SMILES string of the molecule is C=CCNCc1ccc(F)c(N(CCOC)CCOC)c1. The zero-order valence-electron chi connectivity index (χ0n) is 12.9. The van der Waals surface area contributed by atoms with E-state index in [9.17, 15) is 4.39 Å². The van der Waals surface area contributed by atoms with Crippen molar-refractivity contribution in [2.75, 3.05) is 52.0 Å². The van der Waals surface area contributed by atoms with Gasteiger partial charge in [0.25, 0.3) is 0 Å². The summed E-state index contributed by atoms with van der Waals surface area (Å²) in [4.78, 5) is 1.94. The molecule has 5 heteroatoms. The Bertz CT molecular complexity index is 419. The second-order valence-electron chi connectivity index (χ2n) is 4.68. The number of nitrogens with zero attached hydrogens (tertiary/aromatic N) is 1. The first-order valence-corrected chi connectivity index (χ1v) is 7.05. The average molecular weight is 296 g/mol. The Balaban J connectivity index is 2.82. The average Bonchev–Trinajstić information content (AvgIpc) is 2.50. The molecule has 0 aliphatic rings. The normalized spacial score (nSPS) is 10.6. The fourth-order valence-electron chi connectivity index (χ4n) is 1.98. The van der Waals surface area contributed by atoms with Crippen LogP contribution in [0.1, 0.15) is 5.56 Å². The molecule has 0 amide bonds. The van der Waals surface area contributed by atoms with Gasteiger partial charge in [-0.3, -0.25) is 0 Å². The first-order chi connectivity index (χ1) is 10.2. The minimum Gasteiger partial charge on any atom is -0.383 e. The fourth-order valence-corrected chi connectivity index (χ4v) is 1.98. The Morgan fingerprint density at radius 3 is 2.48 bits per heavy atom. The minimum absolute atomic E-state index is 0.227. The summed E-state index contributed by atoms with van der Waals surface area (Å²) in [6.45, 7) is 7.41. The van der Waals surface area contributed by atoms with E-state index < -0.39 is 0 Å². The lowest BCUT2D eigenvalue weighted by Gasteiger charge is -2.25. The number of nitrogens with one attached hydrogen (secondary N) is 1. The Hall–Kier alpha value is -1.43. The van der Waals surface area contributed by atoms with E-state index in [0.717, 1.165) is 12.1 Å². The summed E-state index contributed by atoms with van der Waals surface area (Å²) in [5.74, 6) is -0.227. The second-order valence-corrected chi connectivity index (χ2v) is 4.68. The summed E-state index contributed by atoms with van der Waals surface area (Å²) >= 11 is 0. The van der Waals surface area contributed by atoms with Gasteiger partial charge in [-0.2, -0.15) is 0 Å². The van der Waals surface area contributed by atoms with Gasteiger partial charge in [-0.15, -0.1) is 6.58 Å². The Kier molecular flexibility index (Phi) is 8.66. The molecule has 0 saturated heterocycles. The topological polar surface area (TPSA) is 33.7 Å². The number of rotatable bonds is 11. The number of ether oxygens (including phenoxy) is 2. The van der Waals surface area contributed by atoms with Gasteiger partial charge in [-0.1, -0.05) is 12.1 Å². The van der Waals surface area contributed by atoms with Crippen LogP contribution in [0.15, 0.2) is 30.9 Å². The number of anilines is 1. The van der Waals surface area contributed by atoms with Gasteiger partial charge in [-0.05, 0) is 17.7 Å². The molecule has 1 aromatic carbocycles. The Morgan fingerprint density at radius 1 is 1.24 bits per heavy atom. The van der Waals surface area contributed by atoms with Crippen LogP contribution >= 0.6 is 0 Å². The van der Waals surface area contributed by atoms with Crippen molar-refractivity contribution >= 4 is 5.69 Å². The molecule has 0 heterocycles. The molecular formula is C16H25FN2O2. The molecule has 0 radical (unpaired) electrons. The highest BCUT2D eigenvalue weighted by atomic mass is 19.1. The van der Waals surface area contributed by atoms with Crippen LogP contribution in [0.2, 0.25) is 0 Å². The Morgan fingerprint density at radius 2 is 1.90 bits per heavy atom. The predicted molar refractivity (Wildman–Crippen MR) is 84.3 cm³/mol. The van der Waals surface area contributed by atoms with Crippen LogP contribution in [0, 0.1) is 5.82 Å². The van der Waals surface area contributed by atoms with Crippen molar-refractivity contribution in [3.8, 4) is 0 Å². The van der Waals surface area contributed by atoms with E-state index >= 15 is 0 Å². The van der Waals surface area contributed by atoms with E-state index in [-0.39, 0.29) is 5.82 Å². The van der Waals surface area contributed by atoms with Crippen LogP contribution in [0.3, 0.4) is 0 Å². The van der Waals surface area contributed by atoms with Crippen molar-refractivity contribution < 1.29 is 13.9 Å². The highest BCUT2D eigenvalue weighted by molar-refractivity contribution is 5.50. The summed E-state index contributed by atoms with van der Waals surface area (Å²) in [5.41, 5.74) is 1.62. The molecule has 0 fully saturated rings. The van der Waals surface area contributed by atoms with Gasteiger partial charge in [0.1, 0.15) is 5.82 Å². The molecule has 0 saturated carbocycles. The summed E-state index contributed by atoms with van der Waals surface area (Å²) in [6.07, 6.45) is 1.80. The third-order valence-corrected chi connectivity index (χ3v) is 3.10. The van der Waals surface area contributed by atoms with E-state index in [0.29, 0.717) is 38.5 Å². The number of halogens is 1. The molecule has 0 aromatic heterocycles. The van der Waals surface area contributed by atoms with E-state index in [1.165, 1.54) is 6.07 Å². The number of hydrogen-bond donors (Lipinski definition) is 1. The maximum Gasteiger partial charge on any atom is 0.146 e. The molecule has 0 aliphatic carbocycles. The van der Waals surface area contributed by atoms with Gasteiger partial charge >= 0.3 is 0 Å². The number of benzene rings is 1. The third-order valence-electron chi connectivity index (χ3n) is 3.10. The first-order valence-electron chi connectivity index (χ1n) is 7.05. The van der Waals surface area contributed by atoms with E-state index in [1.807, 2.05) is 11.0 Å². The molecule has 118 valence electrons. The number of hydrogen-bond acceptors (Lipinski definition) is 4. The second kappa shape index (κ2) is 10.3. The summed E-state index contributed by atoms with van der Waals surface area (Å²) < 4.78 is 24.3. The zero-order valence-corrected chi connectivity index (χ0v) is 12.9. The molecule has 0 bridgehead atoms. The van der Waals surface area contributed by atoms with Gasteiger partial charge in [0.05, 0.1) is 18.9 Å². The molecule has 0 atom stereocenters. The van der Waals surface area contributed by atoms with Crippen LogP contribution in [0.25, 0.3) is 0 Å². The van der Waals surface area contributed by atoms with Crippen molar-refractivity contribution in [2.45, 2.75) is 6.54 Å². The quantitative estimate of drug-likeness (QED) is 0.501. The molecular weight excluding hydrogens is 271 g/mol. The van der Waals surface area contributed by atoms with Crippen LogP contribution in [-0.2, 0) is 16.0 Å². The van der Waals surface area contributed by atoms with Gasteiger partial charge in [0.15, 0.2) is 0 Å². The lowest BCUT2D eigenvalue weighted by Crippen LogP contribution is -2.31. The van der Waals surface area contributed by atoms with Gasteiger partial charge in [0, 0.05) is 40.4 Å². The van der Waals surface area contributed by atoms with E-state index in [4.69, 9.17) is 9.47 Å². The first kappa shape index (κ1) is 17.6.